The van der Waals surface area contributed by atoms with Gasteiger partial charge in [-0.05, 0) is 49.9 Å². The van der Waals surface area contributed by atoms with Gasteiger partial charge in [0.1, 0.15) is 18.5 Å². The molecule has 0 radical (unpaired) electrons. The number of nitrogens with one attached hydrogen (secondary N) is 1. The molecule has 4 rings (SSSR count). The van der Waals surface area contributed by atoms with Crippen LogP contribution in [-0.4, -0.2) is 49.8 Å². The van der Waals surface area contributed by atoms with Crippen molar-refractivity contribution in [3.05, 3.63) is 82.4 Å². The number of hydrogen-bond donors (Lipinski definition) is 1. The topological polar surface area (TPSA) is 106 Å². The van der Waals surface area contributed by atoms with Crippen molar-refractivity contribution in [2.24, 2.45) is 0 Å². The van der Waals surface area contributed by atoms with Gasteiger partial charge in [0.05, 0.1) is 35.8 Å². The van der Waals surface area contributed by atoms with Crippen LogP contribution in [0.15, 0.2) is 59.9 Å². The largest absolute Gasteiger partial charge is 0.465 e. The number of ether oxygens (including phenoxy) is 1. The second kappa shape index (κ2) is 8.49. The van der Waals surface area contributed by atoms with Gasteiger partial charge in [0.2, 0.25) is 0 Å². The van der Waals surface area contributed by atoms with Gasteiger partial charge in [-0.1, -0.05) is 12.1 Å². The van der Waals surface area contributed by atoms with Crippen molar-refractivity contribution in [1.82, 2.24) is 29.6 Å². The average Bonchev–Trinajstić information content (AvgIpc) is 3.32. The Labute approximate surface area is 178 Å². The van der Waals surface area contributed by atoms with Gasteiger partial charge in [-0.2, -0.15) is 5.10 Å². The smallest absolute Gasteiger partial charge is 0.337 e. The first-order valence-corrected chi connectivity index (χ1v) is 9.72. The lowest BCUT2D eigenvalue weighted by atomic mass is 10.1. The fraction of sp³-hybridized carbons (Fsp3) is 0.227. The van der Waals surface area contributed by atoms with E-state index < -0.39 is 5.97 Å². The van der Waals surface area contributed by atoms with Crippen molar-refractivity contribution in [1.29, 1.82) is 0 Å². The van der Waals surface area contributed by atoms with Crippen LogP contribution in [0.3, 0.4) is 0 Å². The van der Waals surface area contributed by atoms with Gasteiger partial charge >= 0.3 is 5.97 Å². The normalized spacial score (nSPS) is 12.3. The third kappa shape index (κ3) is 4.22. The van der Waals surface area contributed by atoms with Crippen molar-refractivity contribution in [2.45, 2.75) is 19.5 Å². The SMILES string of the molecule is COC(=O)c1ccc2c(=O)[nH]c(CN(C)[C@H](C)c3ccc(-n4cncn4)cc3)nc2c1. The van der Waals surface area contributed by atoms with Gasteiger partial charge in [-0.3, -0.25) is 9.69 Å². The molecule has 2 aromatic heterocycles. The molecule has 1 N–H and O–H groups in total. The summed E-state index contributed by atoms with van der Waals surface area (Å²) in [4.78, 5) is 37.7. The second-order valence-electron chi connectivity index (χ2n) is 7.26. The van der Waals surface area contributed by atoms with Crippen LogP contribution in [0.25, 0.3) is 16.6 Å². The third-order valence-electron chi connectivity index (χ3n) is 5.30. The molecule has 0 fully saturated rings. The lowest BCUT2D eigenvalue weighted by molar-refractivity contribution is 0.0601. The summed E-state index contributed by atoms with van der Waals surface area (Å²) in [5.74, 6) is 0.0544. The number of aromatic amines is 1. The van der Waals surface area contributed by atoms with E-state index in [0.717, 1.165) is 11.3 Å². The Morgan fingerprint density at radius 2 is 2.00 bits per heavy atom. The molecule has 158 valence electrons. The predicted molar refractivity (Wildman–Crippen MR) is 115 cm³/mol. The molecule has 4 aromatic rings. The maximum absolute atomic E-state index is 12.5. The zero-order valence-corrected chi connectivity index (χ0v) is 17.4. The molecule has 1 atom stereocenters. The van der Waals surface area contributed by atoms with Crippen LogP contribution in [0.4, 0.5) is 0 Å². The number of carbonyl (C=O) groups excluding carboxylic acids is 1. The zero-order valence-electron chi connectivity index (χ0n) is 17.4. The van der Waals surface area contributed by atoms with E-state index in [1.165, 1.54) is 13.4 Å². The van der Waals surface area contributed by atoms with Crippen LogP contribution in [0.1, 0.15) is 34.7 Å². The number of hydrogen-bond acceptors (Lipinski definition) is 7. The van der Waals surface area contributed by atoms with Crippen molar-refractivity contribution in [3.8, 4) is 5.69 Å². The van der Waals surface area contributed by atoms with Gasteiger partial charge in [0.15, 0.2) is 0 Å². The highest BCUT2D eigenvalue weighted by Crippen LogP contribution is 2.21. The molecule has 0 saturated heterocycles. The summed E-state index contributed by atoms with van der Waals surface area (Å²) in [5, 5.41) is 4.56. The number of H-pyrrole nitrogens is 1. The van der Waals surface area contributed by atoms with Gasteiger partial charge in [0.25, 0.3) is 5.56 Å². The van der Waals surface area contributed by atoms with E-state index in [1.807, 2.05) is 31.3 Å². The minimum Gasteiger partial charge on any atom is -0.465 e. The first-order valence-electron chi connectivity index (χ1n) is 9.72. The molecule has 0 bridgehead atoms. The number of esters is 1. The summed E-state index contributed by atoms with van der Waals surface area (Å²) >= 11 is 0. The molecule has 2 heterocycles. The predicted octanol–water partition coefficient (Wildman–Crippen LogP) is 2.48. The Morgan fingerprint density at radius 3 is 2.68 bits per heavy atom. The minimum absolute atomic E-state index is 0.0761. The zero-order chi connectivity index (χ0) is 22.0. The lowest BCUT2D eigenvalue weighted by Crippen LogP contribution is -2.25. The Hall–Kier alpha value is -3.85. The summed E-state index contributed by atoms with van der Waals surface area (Å²) < 4.78 is 6.45. The van der Waals surface area contributed by atoms with E-state index in [4.69, 9.17) is 4.74 Å². The summed E-state index contributed by atoms with van der Waals surface area (Å²) in [6, 6.07) is 12.8. The van der Waals surface area contributed by atoms with E-state index in [2.05, 4.69) is 31.9 Å². The molecular formula is C22H22N6O3. The van der Waals surface area contributed by atoms with Crippen LogP contribution in [-0.2, 0) is 11.3 Å². The number of nitrogens with zero attached hydrogens (tertiary/aromatic N) is 5. The van der Waals surface area contributed by atoms with Gasteiger partial charge < -0.3 is 9.72 Å². The van der Waals surface area contributed by atoms with Crippen molar-refractivity contribution >= 4 is 16.9 Å². The molecule has 9 heteroatoms. The molecule has 0 aliphatic rings. The highest BCUT2D eigenvalue weighted by molar-refractivity contribution is 5.93. The van der Waals surface area contributed by atoms with Crippen LogP contribution in [0.5, 0.6) is 0 Å². The number of benzene rings is 2. The summed E-state index contributed by atoms with van der Waals surface area (Å²) in [7, 11) is 3.28. The standard InChI is InChI=1S/C22H22N6O3/c1-14(15-4-7-17(8-5-15)28-13-23-12-24-28)27(2)11-20-25-19-10-16(22(30)31-3)6-9-18(19)21(29)26-20/h4-10,12-14H,11H2,1-3H3,(H,25,26,29)/t14-/m1/s1. The van der Waals surface area contributed by atoms with Gasteiger partial charge in [0, 0.05) is 6.04 Å². The van der Waals surface area contributed by atoms with Crippen molar-refractivity contribution < 1.29 is 9.53 Å². The number of rotatable bonds is 6. The number of aromatic nitrogens is 5. The Balaban J connectivity index is 1.55. The van der Waals surface area contributed by atoms with Crippen molar-refractivity contribution in [3.63, 3.8) is 0 Å². The Morgan fingerprint density at radius 1 is 1.23 bits per heavy atom. The fourth-order valence-electron chi connectivity index (χ4n) is 3.38. The van der Waals surface area contributed by atoms with Crippen molar-refractivity contribution in [2.75, 3.05) is 14.2 Å². The molecule has 0 spiro atoms. The van der Waals surface area contributed by atoms with Crippen LogP contribution >= 0.6 is 0 Å². The van der Waals surface area contributed by atoms with Crippen LogP contribution < -0.4 is 5.56 Å². The molecule has 0 aliphatic heterocycles. The quantitative estimate of drug-likeness (QED) is 0.480. The van der Waals surface area contributed by atoms with E-state index >= 15 is 0 Å². The lowest BCUT2D eigenvalue weighted by Gasteiger charge is -2.24. The van der Waals surface area contributed by atoms with E-state index in [9.17, 15) is 9.59 Å². The Bertz CT molecular complexity index is 1260. The number of methoxy groups -OCH3 is 1. The molecule has 0 unspecified atom stereocenters. The molecule has 2 aromatic carbocycles. The first-order chi connectivity index (χ1) is 15.0. The average molecular weight is 418 g/mol. The number of carbonyl (C=O) groups is 1. The van der Waals surface area contributed by atoms with E-state index in [0.29, 0.717) is 28.8 Å². The molecule has 0 saturated carbocycles. The maximum atomic E-state index is 12.5. The van der Waals surface area contributed by atoms with Gasteiger partial charge in [-0.15, -0.1) is 0 Å². The minimum atomic E-state index is -0.467. The second-order valence-corrected chi connectivity index (χ2v) is 7.26. The molecule has 31 heavy (non-hydrogen) atoms. The fourth-order valence-corrected chi connectivity index (χ4v) is 3.38. The van der Waals surface area contributed by atoms with E-state index in [1.54, 1.807) is 29.2 Å². The third-order valence-corrected chi connectivity index (χ3v) is 5.30. The van der Waals surface area contributed by atoms with Gasteiger partial charge in [-0.25, -0.2) is 19.4 Å². The summed E-state index contributed by atoms with van der Waals surface area (Å²) in [5.41, 5.74) is 2.61. The first kappa shape index (κ1) is 20.4. The highest BCUT2D eigenvalue weighted by Gasteiger charge is 2.15. The molecule has 9 nitrogen and oxygen atoms in total. The number of fused-ring (bicyclic) bond motifs is 1. The van der Waals surface area contributed by atoms with Crippen LogP contribution in [0, 0.1) is 0 Å². The maximum Gasteiger partial charge on any atom is 0.337 e. The summed E-state index contributed by atoms with van der Waals surface area (Å²) in [6.07, 6.45) is 3.15. The molecule has 0 aliphatic carbocycles. The summed E-state index contributed by atoms with van der Waals surface area (Å²) in [6.45, 7) is 2.51. The highest BCUT2D eigenvalue weighted by atomic mass is 16.5. The molecule has 0 amide bonds. The Kier molecular flexibility index (Phi) is 5.59. The van der Waals surface area contributed by atoms with E-state index in [-0.39, 0.29) is 11.6 Å². The van der Waals surface area contributed by atoms with Crippen LogP contribution in [0.2, 0.25) is 0 Å². The molecular weight excluding hydrogens is 396 g/mol. The monoisotopic (exact) mass is 418 g/mol.